The minimum absolute atomic E-state index is 0.170. The molecule has 3 rings (SSSR count). The van der Waals surface area contributed by atoms with Gasteiger partial charge in [0.05, 0.1) is 4.88 Å². The van der Waals surface area contributed by atoms with Gasteiger partial charge in [-0.25, -0.2) is 0 Å². The number of thiophene rings is 1. The molecule has 1 aliphatic carbocycles. The number of Topliss-reactive ketones (excluding diaryl/α,β-unsaturated/α-hetero) is 1. The van der Waals surface area contributed by atoms with Gasteiger partial charge < -0.3 is 0 Å². The third kappa shape index (κ3) is 1.87. The maximum absolute atomic E-state index is 11.4. The number of fused-ring (bicyclic) bond motifs is 3. The first-order valence-electron chi connectivity index (χ1n) is 5.57. The molecule has 3 heteroatoms. The van der Waals surface area contributed by atoms with Crippen molar-refractivity contribution >= 4 is 33.0 Å². The molecule has 0 spiro atoms. The van der Waals surface area contributed by atoms with Crippen molar-refractivity contribution in [2.45, 2.75) is 19.8 Å². The molecule has 0 radical (unpaired) electrons. The molecule has 1 aromatic carbocycles. The van der Waals surface area contributed by atoms with E-state index in [0.29, 0.717) is 0 Å². The lowest BCUT2D eigenvalue weighted by Crippen LogP contribution is -2.00. The minimum atomic E-state index is 0.170. The van der Waals surface area contributed by atoms with Crippen LogP contribution in [0.2, 0.25) is 0 Å². The summed E-state index contributed by atoms with van der Waals surface area (Å²) in [5.41, 5.74) is 4.01. The average Bonchev–Trinajstić information content (AvgIpc) is 2.72. The van der Waals surface area contributed by atoms with Crippen LogP contribution >= 0.6 is 27.3 Å². The van der Waals surface area contributed by atoms with Crippen LogP contribution in [-0.2, 0) is 12.8 Å². The zero-order valence-corrected chi connectivity index (χ0v) is 11.8. The fourth-order valence-corrected chi connectivity index (χ4v) is 3.85. The Labute approximate surface area is 113 Å². The number of carbonyl (C=O) groups is 1. The maximum Gasteiger partial charge on any atom is 0.169 e. The van der Waals surface area contributed by atoms with E-state index in [4.69, 9.17) is 0 Å². The summed E-state index contributed by atoms with van der Waals surface area (Å²) < 4.78 is 1.13. The normalized spacial score (nSPS) is 13.1. The van der Waals surface area contributed by atoms with Gasteiger partial charge in [0.1, 0.15) is 0 Å². The van der Waals surface area contributed by atoms with Crippen LogP contribution in [0.15, 0.2) is 28.7 Å². The van der Waals surface area contributed by atoms with Crippen molar-refractivity contribution in [3.8, 4) is 10.4 Å². The Hall–Kier alpha value is -0.930. The summed E-state index contributed by atoms with van der Waals surface area (Å²) in [4.78, 5) is 13.6. The zero-order chi connectivity index (χ0) is 12.0. The summed E-state index contributed by atoms with van der Waals surface area (Å²) in [6.07, 6.45) is 2.11. The quantitative estimate of drug-likeness (QED) is 0.710. The number of aryl methyl sites for hydroxylation is 2. The molecule has 0 aliphatic heterocycles. The third-order valence-corrected chi connectivity index (χ3v) is 4.94. The van der Waals surface area contributed by atoms with Crippen LogP contribution in [0.3, 0.4) is 0 Å². The average molecular weight is 307 g/mol. The van der Waals surface area contributed by atoms with E-state index in [0.717, 1.165) is 22.2 Å². The molecule has 0 saturated heterocycles. The number of rotatable bonds is 1. The molecule has 17 heavy (non-hydrogen) atoms. The van der Waals surface area contributed by atoms with Crippen LogP contribution in [0.4, 0.5) is 0 Å². The van der Waals surface area contributed by atoms with E-state index < -0.39 is 0 Å². The Morgan fingerprint density at radius 1 is 1.24 bits per heavy atom. The van der Waals surface area contributed by atoms with Gasteiger partial charge in [0, 0.05) is 9.35 Å². The van der Waals surface area contributed by atoms with Gasteiger partial charge in [0.15, 0.2) is 5.78 Å². The number of hydrogen-bond donors (Lipinski definition) is 0. The first kappa shape index (κ1) is 11.2. The Morgan fingerprint density at radius 3 is 2.76 bits per heavy atom. The smallest absolute Gasteiger partial charge is 0.169 e. The van der Waals surface area contributed by atoms with Crippen LogP contribution in [0, 0.1) is 0 Å². The van der Waals surface area contributed by atoms with Gasteiger partial charge in [-0.3, -0.25) is 4.79 Å². The lowest BCUT2D eigenvalue weighted by atomic mass is 9.91. The largest absolute Gasteiger partial charge is 0.294 e. The van der Waals surface area contributed by atoms with Crippen molar-refractivity contribution in [1.29, 1.82) is 0 Å². The highest BCUT2D eigenvalue weighted by Gasteiger charge is 2.20. The van der Waals surface area contributed by atoms with E-state index >= 15 is 0 Å². The highest BCUT2D eigenvalue weighted by atomic mass is 79.9. The van der Waals surface area contributed by atoms with Crippen molar-refractivity contribution in [3.05, 3.63) is 44.7 Å². The first-order chi connectivity index (χ1) is 8.15. The second-order valence-electron chi connectivity index (χ2n) is 4.32. The molecule has 0 amide bonds. The van der Waals surface area contributed by atoms with Crippen LogP contribution in [0.25, 0.3) is 10.4 Å². The number of hydrogen-bond acceptors (Lipinski definition) is 2. The van der Waals surface area contributed by atoms with E-state index in [9.17, 15) is 4.79 Å². The van der Waals surface area contributed by atoms with Crippen LogP contribution in [0.1, 0.15) is 27.7 Å². The highest BCUT2D eigenvalue weighted by Crippen LogP contribution is 2.40. The van der Waals surface area contributed by atoms with Crippen LogP contribution < -0.4 is 0 Å². The Kier molecular flexibility index (Phi) is 2.68. The Bertz CT molecular complexity index is 613. The molecule has 86 valence electrons. The molecule has 0 atom stereocenters. The third-order valence-electron chi connectivity index (χ3n) is 3.13. The Morgan fingerprint density at radius 2 is 2.00 bits per heavy atom. The van der Waals surface area contributed by atoms with Crippen molar-refractivity contribution in [3.63, 3.8) is 0 Å². The van der Waals surface area contributed by atoms with Gasteiger partial charge in [0.25, 0.3) is 0 Å². The van der Waals surface area contributed by atoms with Gasteiger partial charge in [0.2, 0.25) is 0 Å². The van der Waals surface area contributed by atoms with E-state index in [1.54, 1.807) is 18.3 Å². The molecule has 0 unspecified atom stereocenters. The number of ketones is 1. The van der Waals surface area contributed by atoms with E-state index in [-0.39, 0.29) is 5.78 Å². The summed E-state index contributed by atoms with van der Waals surface area (Å²) in [7, 11) is 0. The molecule has 0 N–H and O–H groups in total. The summed E-state index contributed by atoms with van der Waals surface area (Å²) in [5.74, 6) is 0.170. The summed E-state index contributed by atoms with van der Waals surface area (Å²) in [6.45, 7) is 1.64. The number of benzene rings is 1. The van der Waals surface area contributed by atoms with Gasteiger partial charge in [-0.15, -0.1) is 11.3 Å². The van der Waals surface area contributed by atoms with Gasteiger partial charge in [-0.1, -0.05) is 22.0 Å². The molecule has 0 fully saturated rings. The second kappa shape index (κ2) is 4.07. The fourth-order valence-electron chi connectivity index (χ4n) is 2.28. The lowest BCUT2D eigenvalue weighted by Gasteiger charge is -2.16. The summed E-state index contributed by atoms with van der Waals surface area (Å²) in [5, 5.41) is 0. The van der Waals surface area contributed by atoms with Gasteiger partial charge >= 0.3 is 0 Å². The zero-order valence-electron chi connectivity index (χ0n) is 9.42. The molecule has 1 aliphatic rings. The van der Waals surface area contributed by atoms with Crippen molar-refractivity contribution in [2.75, 3.05) is 0 Å². The lowest BCUT2D eigenvalue weighted by molar-refractivity contribution is 0.102. The second-order valence-corrected chi connectivity index (χ2v) is 6.29. The summed E-state index contributed by atoms with van der Waals surface area (Å²) >= 11 is 5.14. The van der Waals surface area contributed by atoms with Crippen LogP contribution in [-0.4, -0.2) is 5.78 Å². The SMILES string of the molecule is CC(=O)c1cc2c(s1)-c1ccc(Br)cc1CC2. The van der Waals surface area contributed by atoms with Crippen molar-refractivity contribution < 1.29 is 4.79 Å². The van der Waals surface area contributed by atoms with Gasteiger partial charge in [-0.2, -0.15) is 0 Å². The monoisotopic (exact) mass is 306 g/mol. The molecule has 2 aromatic rings. The molecule has 1 nitrogen and oxygen atoms in total. The highest BCUT2D eigenvalue weighted by molar-refractivity contribution is 9.10. The molecule has 1 aromatic heterocycles. The van der Waals surface area contributed by atoms with Crippen molar-refractivity contribution in [1.82, 2.24) is 0 Å². The standard InChI is InChI=1S/C14H11BrOS/c1-8(16)13-7-10-3-2-9-6-11(15)4-5-12(9)14(10)17-13/h4-7H,2-3H2,1H3. The fraction of sp³-hybridized carbons (Fsp3) is 0.214. The predicted molar refractivity (Wildman–Crippen MR) is 74.9 cm³/mol. The maximum atomic E-state index is 11.4. The van der Waals surface area contributed by atoms with Gasteiger partial charge in [-0.05, 0) is 54.7 Å². The molecule has 0 saturated carbocycles. The summed E-state index contributed by atoms with van der Waals surface area (Å²) in [6, 6.07) is 8.47. The predicted octanol–water partition coefficient (Wildman–Crippen LogP) is 4.48. The minimum Gasteiger partial charge on any atom is -0.294 e. The molecule has 0 bridgehead atoms. The van der Waals surface area contributed by atoms with Crippen molar-refractivity contribution in [2.24, 2.45) is 0 Å². The first-order valence-corrected chi connectivity index (χ1v) is 7.18. The Balaban J connectivity index is 2.19. The van der Waals surface area contributed by atoms with E-state index in [1.807, 2.05) is 0 Å². The van der Waals surface area contributed by atoms with E-state index in [1.165, 1.54) is 21.6 Å². The van der Waals surface area contributed by atoms with E-state index in [2.05, 4.69) is 40.2 Å². The van der Waals surface area contributed by atoms with Crippen LogP contribution in [0.5, 0.6) is 0 Å². The number of halogens is 1. The topological polar surface area (TPSA) is 17.1 Å². The molecular weight excluding hydrogens is 296 g/mol. The molecule has 1 heterocycles. The number of carbonyl (C=O) groups excluding carboxylic acids is 1. The molecular formula is C14H11BrOS.